The van der Waals surface area contributed by atoms with Crippen molar-refractivity contribution < 1.29 is 14.3 Å². The molecule has 0 atom stereocenters. The monoisotopic (exact) mass is 317 g/mol. The third-order valence-electron chi connectivity index (χ3n) is 3.01. The van der Waals surface area contributed by atoms with E-state index in [9.17, 15) is 4.79 Å². The largest absolute Gasteiger partial charge is 0.497 e. The average molecular weight is 318 g/mol. The van der Waals surface area contributed by atoms with Gasteiger partial charge in [0.15, 0.2) is 5.78 Å². The summed E-state index contributed by atoms with van der Waals surface area (Å²) < 4.78 is 10.4. The smallest absolute Gasteiger partial charge is 0.187 e. The number of halogens is 1. The second-order valence-corrected chi connectivity index (χ2v) is 4.85. The first-order chi connectivity index (χ1) is 10.6. The minimum Gasteiger partial charge on any atom is -0.497 e. The summed E-state index contributed by atoms with van der Waals surface area (Å²) in [7, 11) is 3.17. The van der Waals surface area contributed by atoms with Crippen molar-refractivity contribution >= 4 is 23.1 Å². The standard InChI is InChI=1S/C17H16ClNO3/c1-21-14-7-8-17(22-2)15(11-14)19-10-9-16(20)12-3-5-13(18)6-4-12/h3-11,19H,1-2H3/b10-9+. The highest BCUT2D eigenvalue weighted by molar-refractivity contribution is 6.30. The van der Waals surface area contributed by atoms with Crippen molar-refractivity contribution in [1.29, 1.82) is 0 Å². The van der Waals surface area contributed by atoms with E-state index >= 15 is 0 Å². The van der Waals surface area contributed by atoms with Crippen LogP contribution in [-0.2, 0) is 0 Å². The van der Waals surface area contributed by atoms with E-state index in [1.807, 2.05) is 0 Å². The minimum atomic E-state index is -0.119. The van der Waals surface area contributed by atoms with Gasteiger partial charge in [-0.2, -0.15) is 0 Å². The van der Waals surface area contributed by atoms with Gasteiger partial charge in [-0.15, -0.1) is 0 Å². The predicted molar refractivity (Wildman–Crippen MR) is 88.1 cm³/mol. The van der Waals surface area contributed by atoms with Gasteiger partial charge < -0.3 is 14.8 Å². The van der Waals surface area contributed by atoms with Crippen molar-refractivity contribution in [2.45, 2.75) is 0 Å². The van der Waals surface area contributed by atoms with Crippen molar-refractivity contribution in [3.63, 3.8) is 0 Å². The lowest BCUT2D eigenvalue weighted by molar-refractivity contribution is 0.104. The van der Waals surface area contributed by atoms with Gasteiger partial charge in [-0.05, 0) is 36.4 Å². The van der Waals surface area contributed by atoms with Gasteiger partial charge >= 0.3 is 0 Å². The summed E-state index contributed by atoms with van der Waals surface area (Å²) >= 11 is 5.80. The van der Waals surface area contributed by atoms with Gasteiger partial charge in [-0.3, -0.25) is 4.79 Å². The summed E-state index contributed by atoms with van der Waals surface area (Å²) in [6.07, 6.45) is 3.01. The molecule has 2 aromatic rings. The Labute approximate surface area is 134 Å². The highest BCUT2D eigenvalue weighted by Gasteiger charge is 2.04. The van der Waals surface area contributed by atoms with Crippen LogP contribution in [0.3, 0.4) is 0 Å². The highest BCUT2D eigenvalue weighted by Crippen LogP contribution is 2.28. The molecule has 5 heteroatoms. The molecule has 22 heavy (non-hydrogen) atoms. The molecule has 0 aromatic heterocycles. The maximum absolute atomic E-state index is 12.0. The van der Waals surface area contributed by atoms with Crippen LogP contribution < -0.4 is 14.8 Å². The zero-order valence-corrected chi connectivity index (χ0v) is 13.1. The number of ketones is 1. The summed E-state index contributed by atoms with van der Waals surface area (Å²) in [5.41, 5.74) is 1.28. The number of allylic oxidation sites excluding steroid dienone is 1. The fourth-order valence-corrected chi connectivity index (χ4v) is 1.97. The molecule has 2 rings (SSSR count). The van der Waals surface area contributed by atoms with Crippen molar-refractivity contribution in [3.05, 3.63) is 65.3 Å². The third kappa shape index (κ3) is 4.02. The normalized spacial score (nSPS) is 10.5. The second kappa shape index (κ2) is 7.52. The number of anilines is 1. The number of methoxy groups -OCH3 is 2. The highest BCUT2D eigenvalue weighted by atomic mass is 35.5. The van der Waals surface area contributed by atoms with E-state index in [4.69, 9.17) is 21.1 Å². The molecule has 0 spiro atoms. The molecule has 0 radical (unpaired) electrons. The van der Waals surface area contributed by atoms with Crippen molar-refractivity contribution in [2.24, 2.45) is 0 Å². The quantitative estimate of drug-likeness (QED) is 0.642. The Balaban J connectivity index is 2.08. The van der Waals surface area contributed by atoms with Gasteiger partial charge in [0.05, 0.1) is 19.9 Å². The van der Waals surface area contributed by atoms with Crippen LogP contribution in [0.5, 0.6) is 11.5 Å². The lowest BCUT2D eigenvalue weighted by Gasteiger charge is -2.09. The number of nitrogens with one attached hydrogen (secondary N) is 1. The van der Waals surface area contributed by atoms with E-state index in [-0.39, 0.29) is 5.78 Å². The summed E-state index contributed by atoms with van der Waals surface area (Å²) in [6, 6.07) is 12.1. The Morgan fingerprint density at radius 3 is 2.45 bits per heavy atom. The maximum Gasteiger partial charge on any atom is 0.187 e. The van der Waals surface area contributed by atoms with E-state index in [0.29, 0.717) is 27.8 Å². The SMILES string of the molecule is COc1ccc(OC)c(N/C=C/C(=O)c2ccc(Cl)cc2)c1. The van der Waals surface area contributed by atoms with Crippen molar-refractivity contribution in [1.82, 2.24) is 0 Å². The van der Waals surface area contributed by atoms with Crippen LogP contribution in [0.25, 0.3) is 0 Å². The topological polar surface area (TPSA) is 47.6 Å². The Morgan fingerprint density at radius 1 is 1.09 bits per heavy atom. The Morgan fingerprint density at radius 2 is 1.82 bits per heavy atom. The van der Waals surface area contributed by atoms with Gasteiger partial charge in [0.2, 0.25) is 0 Å². The van der Waals surface area contributed by atoms with Gasteiger partial charge in [0.1, 0.15) is 11.5 Å². The number of carbonyl (C=O) groups excluding carboxylic acids is 1. The lowest BCUT2D eigenvalue weighted by Crippen LogP contribution is -1.98. The Bertz CT molecular complexity index is 681. The van der Waals surface area contributed by atoms with E-state index in [0.717, 1.165) is 0 Å². The summed E-state index contributed by atoms with van der Waals surface area (Å²) in [4.78, 5) is 12.0. The number of hydrogen-bond donors (Lipinski definition) is 1. The fourth-order valence-electron chi connectivity index (χ4n) is 1.84. The number of ether oxygens (including phenoxy) is 2. The van der Waals surface area contributed by atoms with Crippen LogP contribution in [0.1, 0.15) is 10.4 Å². The first-order valence-corrected chi connectivity index (χ1v) is 6.97. The number of benzene rings is 2. The second-order valence-electron chi connectivity index (χ2n) is 4.42. The molecule has 0 fully saturated rings. The van der Waals surface area contributed by atoms with Crippen LogP contribution >= 0.6 is 11.6 Å². The summed E-state index contributed by atoms with van der Waals surface area (Å²) in [5.74, 6) is 1.23. The summed E-state index contributed by atoms with van der Waals surface area (Å²) in [5, 5.41) is 3.62. The molecule has 1 N–H and O–H groups in total. The summed E-state index contributed by atoms with van der Waals surface area (Å²) in [6.45, 7) is 0. The molecule has 2 aromatic carbocycles. The average Bonchev–Trinajstić information content (AvgIpc) is 2.55. The maximum atomic E-state index is 12.0. The molecule has 0 heterocycles. The molecule has 0 saturated carbocycles. The zero-order chi connectivity index (χ0) is 15.9. The first-order valence-electron chi connectivity index (χ1n) is 6.59. The van der Waals surface area contributed by atoms with E-state index in [1.54, 1.807) is 62.9 Å². The van der Waals surface area contributed by atoms with E-state index in [2.05, 4.69) is 5.32 Å². The van der Waals surface area contributed by atoms with Gasteiger partial charge in [-0.25, -0.2) is 0 Å². The number of rotatable bonds is 6. The van der Waals surface area contributed by atoms with Gasteiger partial charge in [-0.1, -0.05) is 11.6 Å². The molecule has 0 unspecified atom stereocenters. The molecule has 0 aliphatic carbocycles. The molecule has 0 saturated heterocycles. The van der Waals surface area contributed by atoms with Crippen LogP contribution in [0.4, 0.5) is 5.69 Å². The number of carbonyl (C=O) groups is 1. The van der Waals surface area contributed by atoms with Crippen molar-refractivity contribution in [2.75, 3.05) is 19.5 Å². The van der Waals surface area contributed by atoms with Gasteiger partial charge in [0, 0.05) is 28.9 Å². The Hall–Kier alpha value is -2.46. The fraction of sp³-hybridized carbons (Fsp3) is 0.118. The minimum absolute atomic E-state index is 0.119. The third-order valence-corrected chi connectivity index (χ3v) is 3.26. The first kappa shape index (κ1) is 15.9. The molecule has 0 aliphatic heterocycles. The molecule has 0 amide bonds. The van der Waals surface area contributed by atoms with Crippen LogP contribution in [0.2, 0.25) is 5.02 Å². The predicted octanol–water partition coefficient (Wildman–Crippen LogP) is 4.17. The lowest BCUT2D eigenvalue weighted by atomic mass is 10.1. The van der Waals surface area contributed by atoms with Crippen LogP contribution in [-0.4, -0.2) is 20.0 Å². The van der Waals surface area contributed by atoms with Crippen molar-refractivity contribution in [3.8, 4) is 11.5 Å². The molecular weight excluding hydrogens is 302 g/mol. The van der Waals surface area contributed by atoms with Crippen LogP contribution in [0, 0.1) is 0 Å². The van der Waals surface area contributed by atoms with Gasteiger partial charge in [0.25, 0.3) is 0 Å². The molecular formula is C17H16ClNO3. The zero-order valence-electron chi connectivity index (χ0n) is 12.3. The van der Waals surface area contributed by atoms with E-state index in [1.165, 1.54) is 6.08 Å². The molecule has 0 aliphatic rings. The Kier molecular flexibility index (Phi) is 5.44. The van der Waals surface area contributed by atoms with Crippen LogP contribution in [0.15, 0.2) is 54.7 Å². The number of hydrogen-bond acceptors (Lipinski definition) is 4. The molecule has 114 valence electrons. The molecule has 0 bridgehead atoms. The molecule has 4 nitrogen and oxygen atoms in total. The van der Waals surface area contributed by atoms with E-state index < -0.39 is 0 Å².